The monoisotopic (exact) mass is 451 g/mol. The van der Waals surface area contributed by atoms with E-state index in [0.717, 1.165) is 0 Å². The summed E-state index contributed by atoms with van der Waals surface area (Å²) in [5.41, 5.74) is 0.264. The fourth-order valence-electron chi connectivity index (χ4n) is 3.62. The average Bonchev–Trinajstić information content (AvgIpc) is 3.23. The number of hydrogen-bond acceptors (Lipinski definition) is 7. The molecule has 2 fully saturated rings. The molecule has 13 heteroatoms. The van der Waals surface area contributed by atoms with Crippen molar-refractivity contribution in [1.82, 2.24) is 30.5 Å². The van der Waals surface area contributed by atoms with Crippen molar-refractivity contribution in [3.8, 4) is 0 Å². The van der Waals surface area contributed by atoms with E-state index in [1.165, 1.54) is 27.9 Å². The van der Waals surface area contributed by atoms with Gasteiger partial charge in [-0.15, -0.1) is 0 Å². The summed E-state index contributed by atoms with van der Waals surface area (Å²) in [7, 11) is 0. The van der Waals surface area contributed by atoms with Crippen molar-refractivity contribution in [1.29, 1.82) is 0 Å². The summed E-state index contributed by atoms with van der Waals surface area (Å²) in [6.07, 6.45) is 0.381. The summed E-state index contributed by atoms with van der Waals surface area (Å²) in [6, 6.07) is 0.889. The second-order valence-corrected chi connectivity index (χ2v) is 8.81. The Morgan fingerprint density at radius 3 is 2.78 bits per heavy atom. The highest BCUT2D eigenvalue weighted by atomic mass is 19.3. The number of urea groups is 1. The van der Waals surface area contributed by atoms with E-state index in [9.17, 15) is 23.2 Å². The largest absolute Gasteiger partial charge is 0.438 e. The zero-order valence-corrected chi connectivity index (χ0v) is 17.7. The summed E-state index contributed by atoms with van der Waals surface area (Å²) in [5.74, 6) is -4.65. The average molecular weight is 451 g/mol. The molecule has 0 aliphatic carbocycles. The number of rotatable bonds is 3. The lowest BCUT2D eigenvalue weighted by atomic mass is 10.0. The number of imidazole rings is 1. The lowest BCUT2D eigenvalue weighted by Crippen LogP contribution is -2.51. The van der Waals surface area contributed by atoms with E-state index >= 15 is 0 Å². The first-order chi connectivity index (χ1) is 14.9. The maximum atomic E-state index is 14.7. The fraction of sp³-hybridized carbons (Fsp3) is 0.526. The molecular formula is C19H23F2N7O4. The van der Waals surface area contributed by atoms with Gasteiger partial charge in [0.2, 0.25) is 5.91 Å². The molecule has 2 aromatic heterocycles. The molecule has 0 bridgehead atoms. The first kappa shape index (κ1) is 21.7. The second-order valence-electron chi connectivity index (χ2n) is 8.81. The molecule has 32 heavy (non-hydrogen) atoms. The fourth-order valence-corrected chi connectivity index (χ4v) is 3.62. The molecule has 4 heterocycles. The van der Waals surface area contributed by atoms with E-state index in [0.29, 0.717) is 11.3 Å². The minimum absolute atomic E-state index is 0.0200. The lowest BCUT2D eigenvalue weighted by Gasteiger charge is -2.24. The minimum Gasteiger partial charge on any atom is -0.438 e. The number of hydrogen-bond donors (Lipinski definition) is 3. The summed E-state index contributed by atoms with van der Waals surface area (Å²) in [4.78, 5) is 41.2. The molecule has 1 unspecified atom stereocenters. The van der Waals surface area contributed by atoms with Gasteiger partial charge in [0.05, 0.1) is 30.4 Å². The molecule has 2 saturated heterocycles. The van der Waals surface area contributed by atoms with Gasteiger partial charge in [0.1, 0.15) is 0 Å². The number of carbonyl (C=O) groups excluding carboxylic acids is 3. The van der Waals surface area contributed by atoms with Crippen LogP contribution in [0.2, 0.25) is 0 Å². The number of ether oxygens (including phenoxy) is 1. The van der Waals surface area contributed by atoms with Crippen LogP contribution in [0.3, 0.4) is 0 Å². The van der Waals surface area contributed by atoms with Crippen molar-refractivity contribution in [2.45, 2.75) is 44.3 Å². The van der Waals surface area contributed by atoms with Crippen molar-refractivity contribution in [2.75, 3.05) is 24.5 Å². The number of fused-ring (bicyclic) bond motifs is 1. The second kappa shape index (κ2) is 7.57. The number of carbonyl (C=O) groups is 3. The third-order valence-electron chi connectivity index (χ3n) is 5.06. The maximum absolute atomic E-state index is 14.7. The van der Waals surface area contributed by atoms with Crippen LogP contribution in [0.15, 0.2) is 18.5 Å². The Bertz CT molecular complexity index is 1080. The number of imide groups is 1. The van der Waals surface area contributed by atoms with Gasteiger partial charge in [0.15, 0.2) is 11.8 Å². The van der Waals surface area contributed by atoms with Crippen LogP contribution in [0.5, 0.6) is 0 Å². The van der Waals surface area contributed by atoms with E-state index in [4.69, 9.17) is 4.74 Å². The van der Waals surface area contributed by atoms with Gasteiger partial charge in [-0.1, -0.05) is 0 Å². The molecule has 0 spiro atoms. The van der Waals surface area contributed by atoms with Crippen LogP contribution < -0.4 is 20.9 Å². The normalized spacial score (nSPS) is 23.1. The zero-order chi connectivity index (χ0) is 23.3. The molecule has 0 saturated carbocycles. The Hall–Kier alpha value is -3.51. The van der Waals surface area contributed by atoms with E-state index < -0.39 is 48.1 Å². The van der Waals surface area contributed by atoms with Crippen LogP contribution >= 0.6 is 0 Å². The highest BCUT2D eigenvalue weighted by Crippen LogP contribution is 2.35. The van der Waals surface area contributed by atoms with Gasteiger partial charge in [-0.3, -0.25) is 10.1 Å². The molecule has 2 atom stereocenters. The standard InChI is InChI=1S/C19H23F2N7O4/c1-18(2,3)25-17(31)32-13-8-27(9-19(13,20)21)12-6-11(26-28-5-4-22-14(12)28)10-7-23-16(30)24-15(10)29/h4-6,10,13H,7-9H2,1-3H3,(H,25,31)(H2,23,24,29,30)/t10?,13-/m0/s1. The molecule has 172 valence electrons. The molecule has 0 aromatic carbocycles. The van der Waals surface area contributed by atoms with Gasteiger partial charge in [-0.05, 0) is 26.8 Å². The summed E-state index contributed by atoms with van der Waals surface area (Å²) in [6.45, 7) is 4.18. The van der Waals surface area contributed by atoms with Crippen molar-refractivity contribution in [3.05, 3.63) is 24.2 Å². The van der Waals surface area contributed by atoms with Crippen molar-refractivity contribution < 1.29 is 27.9 Å². The van der Waals surface area contributed by atoms with Gasteiger partial charge >= 0.3 is 18.0 Å². The minimum atomic E-state index is -3.31. The van der Waals surface area contributed by atoms with Gasteiger partial charge < -0.3 is 20.3 Å². The Balaban J connectivity index is 1.62. The van der Waals surface area contributed by atoms with Crippen LogP contribution in [0.1, 0.15) is 32.4 Å². The summed E-state index contributed by atoms with van der Waals surface area (Å²) >= 11 is 0. The molecule has 4 rings (SSSR count). The highest BCUT2D eigenvalue weighted by molar-refractivity contribution is 6.00. The van der Waals surface area contributed by atoms with E-state index in [-0.39, 0.29) is 18.8 Å². The number of alkyl halides is 2. The van der Waals surface area contributed by atoms with Crippen molar-refractivity contribution in [2.24, 2.45) is 0 Å². The molecule has 2 aliphatic heterocycles. The van der Waals surface area contributed by atoms with Crippen LogP contribution in [-0.4, -0.2) is 69.8 Å². The molecule has 11 nitrogen and oxygen atoms in total. The van der Waals surface area contributed by atoms with Gasteiger partial charge in [-0.25, -0.2) is 27.9 Å². The Labute approximate surface area is 181 Å². The molecule has 0 radical (unpaired) electrons. The molecular weight excluding hydrogens is 428 g/mol. The number of aromatic nitrogens is 3. The summed E-state index contributed by atoms with van der Waals surface area (Å²) < 4.78 is 35.9. The Morgan fingerprint density at radius 2 is 2.09 bits per heavy atom. The van der Waals surface area contributed by atoms with Crippen LogP contribution in [0.4, 0.5) is 24.1 Å². The summed E-state index contributed by atoms with van der Waals surface area (Å²) in [5, 5.41) is 11.5. The molecule has 2 aliphatic rings. The van der Waals surface area contributed by atoms with Crippen LogP contribution in [0, 0.1) is 0 Å². The van der Waals surface area contributed by atoms with Crippen molar-refractivity contribution >= 4 is 29.4 Å². The Morgan fingerprint density at radius 1 is 1.34 bits per heavy atom. The lowest BCUT2D eigenvalue weighted by molar-refractivity contribution is -0.122. The Kier molecular flexibility index (Phi) is 5.13. The van der Waals surface area contributed by atoms with Crippen LogP contribution in [-0.2, 0) is 9.53 Å². The molecule has 2 aromatic rings. The number of nitrogens with one attached hydrogen (secondary N) is 3. The zero-order valence-electron chi connectivity index (χ0n) is 17.7. The maximum Gasteiger partial charge on any atom is 0.408 e. The number of anilines is 1. The first-order valence-electron chi connectivity index (χ1n) is 9.97. The molecule has 4 amide bonds. The van der Waals surface area contributed by atoms with E-state index in [1.54, 1.807) is 20.8 Å². The van der Waals surface area contributed by atoms with Crippen LogP contribution in [0.25, 0.3) is 5.65 Å². The quantitative estimate of drug-likeness (QED) is 0.635. The van der Waals surface area contributed by atoms with E-state index in [1.807, 2.05) is 0 Å². The predicted molar refractivity (Wildman–Crippen MR) is 108 cm³/mol. The topological polar surface area (TPSA) is 130 Å². The first-order valence-corrected chi connectivity index (χ1v) is 9.97. The number of alkyl carbamates (subject to hydrolysis) is 1. The van der Waals surface area contributed by atoms with E-state index in [2.05, 4.69) is 26.0 Å². The van der Waals surface area contributed by atoms with Gasteiger partial charge in [0.25, 0.3) is 0 Å². The third-order valence-corrected chi connectivity index (χ3v) is 5.06. The van der Waals surface area contributed by atoms with Gasteiger partial charge in [-0.2, -0.15) is 5.10 Å². The molecule has 3 N–H and O–H groups in total. The number of nitrogens with zero attached hydrogens (tertiary/aromatic N) is 4. The predicted octanol–water partition coefficient (Wildman–Crippen LogP) is 1.00. The highest BCUT2D eigenvalue weighted by Gasteiger charge is 2.51. The van der Waals surface area contributed by atoms with Gasteiger partial charge in [0, 0.05) is 24.5 Å². The number of halogens is 2. The van der Waals surface area contributed by atoms with Crippen molar-refractivity contribution in [3.63, 3.8) is 0 Å². The third kappa shape index (κ3) is 4.27. The SMILES string of the molecule is CC(C)(C)NC(=O)O[C@H]1CN(c2cc(C3CNC(=O)NC3=O)nn3ccnc23)CC1(F)F. The number of amides is 4. The smallest absolute Gasteiger partial charge is 0.408 e.